The minimum atomic E-state index is -0.512. The van der Waals surface area contributed by atoms with Crippen molar-refractivity contribution in [2.45, 2.75) is 0 Å². The zero-order valence-electron chi connectivity index (χ0n) is 10.0. The van der Waals surface area contributed by atoms with Crippen LogP contribution in [0.3, 0.4) is 0 Å². The maximum Gasteiger partial charge on any atom is 0.236 e. The molecule has 0 unspecified atom stereocenters. The van der Waals surface area contributed by atoms with E-state index in [1.807, 2.05) is 0 Å². The second-order valence-corrected chi connectivity index (χ2v) is 4.57. The Hall–Kier alpha value is -2.47. The number of hydrogen-bond donors (Lipinski definition) is 3. The second kappa shape index (κ2) is 4.57. The minimum Gasteiger partial charge on any atom is -0.435 e. The van der Waals surface area contributed by atoms with Gasteiger partial charge in [0.2, 0.25) is 5.55 Å². The highest BCUT2D eigenvalue weighted by Crippen LogP contribution is 2.30. The van der Waals surface area contributed by atoms with Crippen molar-refractivity contribution >= 4 is 23.0 Å². The number of hydrogen-bond acceptors (Lipinski definition) is 4. The van der Waals surface area contributed by atoms with Crippen molar-refractivity contribution in [3.8, 4) is 11.3 Å². The molecule has 3 rings (SSSR count). The van der Waals surface area contributed by atoms with Crippen LogP contribution in [0, 0.1) is 11.2 Å². The van der Waals surface area contributed by atoms with Gasteiger partial charge >= 0.3 is 0 Å². The summed E-state index contributed by atoms with van der Waals surface area (Å²) < 4.78 is 19.2. The molecule has 0 aromatic heterocycles. The van der Waals surface area contributed by atoms with Gasteiger partial charge in [0.1, 0.15) is 11.5 Å². The molecule has 0 saturated carbocycles. The van der Waals surface area contributed by atoms with Crippen molar-refractivity contribution in [2.75, 3.05) is 5.32 Å². The highest BCUT2D eigenvalue weighted by Gasteiger charge is 2.16. The van der Waals surface area contributed by atoms with Crippen LogP contribution in [0.25, 0.3) is 11.3 Å². The molecule has 1 aromatic carbocycles. The Kier molecular flexibility index (Phi) is 2.87. The van der Waals surface area contributed by atoms with E-state index in [2.05, 4.69) is 5.32 Å². The summed E-state index contributed by atoms with van der Waals surface area (Å²) in [6, 6.07) is 5.77. The van der Waals surface area contributed by atoms with E-state index >= 15 is 0 Å². The first-order valence-corrected chi connectivity index (χ1v) is 6.03. The number of halogens is 2. The summed E-state index contributed by atoms with van der Waals surface area (Å²) in [5.74, 6) is -0.155. The van der Waals surface area contributed by atoms with E-state index in [4.69, 9.17) is 21.4 Å². The van der Waals surface area contributed by atoms with Crippen molar-refractivity contribution in [1.29, 1.82) is 5.41 Å². The Morgan fingerprint density at radius 3 is 2.90 bits per heavy atom. The molecule has 0 saturated heterocycles. The SMILES string of the molecule is N=c1oc2cn(O)ccc-2c1Nc1ccc(F)c(Cl)c1. The van der Waals surface area contributed by atoms with Crippen LogP contribution in [0.2, 0.25) is 5.02 Å². The average molecular weight is 294 g/mol. The lowest BCUT2D eigenvalue weighted by Gasteiger charge is -2.06. The number of nitrogens with one attached hydrogen (secondary N) is 2. The van der Waals surface area contributed by atoms with Gasteiger partial charge in [0, 0.05) is 17.4 Å². The zero-order valence-corrected chi connectivity index (χ0v) is 10.8. The molecule has 0 atom stereocenters. The Morgan fingerprint density at radius 2 is 2.15 bits per heavy atom. The lowest BCUT2D eigenvalue weighted by Crippen LogP contribution is -2.02. The number of aromatic nitrogens is 1. The maximum atomic E-state index is 13.1. The monoisotopic (exact) mass is 293 g/mol. The highest BCUT2D eigenvalue weighted by molar-refractivity contribution is 6.31. The predicted octanol–water partition coefficient (Wildman–Crippen LogP) is 3.44. The molecule has 0 spiro atoms. The molecule has 20 heavy (non-hydrogen) atoms. The number of nitrogens with zero attached hydrogens (tertiary/aromatic N) is 1. The van der Waals surface area contributed by atoms with Crippen LogP contribution in [0.5, 0.6) is 0 Å². The number of benzene rings is 1. The molecule has 2 aliphatic rings. The molecule has 102 valence electrons. The van der Waals surface area contributed by atoms with Crippen LogP contribution < -0.4 is 10.9 Å². The fourth-order valence-electron chi connectivity index (χ4n) is 1.88. The molecule has 0 radical (unpaired) electrons. The Morgan fingerprint density at radius 1 is 1.35 bits per heavy atom. The summed E-state index contributed by atoms with van der Waals surface area (Å²) in [5.41, 5.74) is 1.49. The normalized spacial score (nSPS) is 10.9. The molecule has 7 heteroatoms. The van der Waals surface area contributed by atoms with Gasteiger partial charge in [-0.25, -0.2) is 4.39 Å². The largest absolute Gasteiger partial charge is 0.435 e. The molecule has 2 aliphatic heterocycles. The van der Waals surface area contributed by atoms with Crippen molar-refractivity contribution in [2.24, 2.45) is 0 Å². The van der Waals surface area contributed by atoms with Gasteiger partial charge < -0.3 is 14.9 Å². The third-order valence-electron chi connectivity index (χ3n) is 2.81. The van der Waals surface area contributed by atoms with Crippen LogP contribution in [-0.4, -0.2) is 9.94 Å². The second-order valence-electron chi connectivity index (χ2n) is 4.16. The number of rotatable bonds is 2. The fraction of sp³-hybridized carbons (Fsp3) is 0. The van der Waals surface area contributed by atoms with Crippen LogP contribution in [0.15, 0.2) is 41.1 Å². The van der Waals surface area contributed by atoms with Crippen molar-refractivity contribution in [3.05, 3.63) is 53.1 Å². The standard InChI is InChI=1S/C13H9ClFN3O2/c14-9-5-7(1-2-10(9)15)17-12-8-3-4-18(19)6-11(8)20-13(12)16/h1-6,16-17,19H. The van der Waals surface area contributed by atoms with Gasteiger partial charge in [0.25, 0.3) is 0 Å². The molecule has 2 heterocycles. The third kappa shape index (κ3) is 2.10. The smallest absolute Gasteiger partial charge is 0.236 e. The molecule has 5 nitrogen and oxygen atoms in total. The Labute approximate surface area is 117 Å². The van der Waals surface area contributed by atoms with Crippen molar-refractivity contribution in [1.82, 2.24) is 4.73 Å². The number of anilines is 2. The Bertz CT molecular complexity index is 812. The molecule has 0 fully saturated rings. The van der Waals surface area contributed by atoms with E-state index in [0.29, 0.717) is 22.7 Å². The molecule has 0 bridgehead atoms. The van der Waals surface area contributed by atoms with E-state index in [1.165, 1.54) is 30.6 Å². The predicted molar refractivity (Wildman–Crippen MR) is 71.1 cm³/mol. The van der Waals surface area contributed by atoms with Crippen molar-refractivity contribution in [3.63, 3.8) is 0 Å². The van der Waals surface area contributed by atoms with Gasteiger partial charge in [-0.05, 0) is 24.3 Å². The summed E-state index contributed by atoms with van der Waals surface area (Å²) in [6.45, 7) is 0. The van der Waals surface area contributed by atoms with Crippen LogP contribution in [0.1, 0.15) is 0 Å². The fourth-order valence-corrected chi connectivity index (χ4v) is 2.06. The van der Waals surface area contributed by atoms with Crippen LogP contribution in [0.4, 0.5) is 15.8 Å². The van der Waals surface area contributed by atoms with Gasteiger partial charge in [-0.1, -0.05) is 11.6 Å². The summed E-state index contributed by atoms with van der Waals surface area (Å²) in [4.78, 5) is 0. The molecular weight excluding hydrogens is 285 g/mol. The lowest BCUT2D eigenvalue weighted by molar-refractivity contribution is 0.183. The minimum absolute atomic E-state index is 0.0115. The van der Waals surface area contributed by atoms with Crippen molar-refractivity contribution < 1.29 is 14.0 Å². The molecule has 1 aromatic rings. The quantitative estimate of drug-likeness (QED) is 0.634. The Balaban J connectivity index is 2.05. The summed E-state index contributed by atoms with van der Waals surface area (Å²) in [5, 5.41) is 20.0. The highest BCUT2D eigenvalue weighted by atomic mass is 35.5. The van der Waals surface area contributed by atoms with E-state index in [9.17, 15) is 9.60 Å². The lowest BCUT2D eigenvalue weighted by atomic mass is 10.2. The molecule has 0 amide bonds. The molecule has 0 aliphatic carbocycles. The first kappa shape index (κ1) is 12.6. The molecular formula is C13H9ClFN3O2. The van der Waals surface area contributed by atoms with E-state index in [0.717, 1.165) is 4.73 Å². The van der Waals surface area contributed by atoms with Gasteiger partial charge in [0.05, 0.1) is 11.2 Å². The summed E-state index contributed by atoms with van der Waals surface area (Å²) in [7, 11) is 0. The summed E-state index contributed by atoms with van der Waals surface area (Å²) in [6.07, 6.45) is 2.76. The van der Waals surface area contributed by atoms with Crippen LogP contribution in [-0.2, 0) is 0 Å². The van der Waals surface area contributed by atoms with Gasteiger partial charge in [-0.3, -0.25) is 5.41 Å². The topological polar surface area (TPSA) is 74.2 Å². The summed E-state index contributed by atoms with van der Waals surface area (Å²) >= 11 is 5.71. The van der Waals surface area contributed by atoms with Crippen LogP contribution >= 0.6 is 11.6 Å². The first-order valence-electron chi connectivity index (χ1n) is 5.65. The van der Waals surface area contributed by atoms with E-state index in [-0.39, 0.29) is 10.6 Å². The number of pyridine rings is 1. The number of furan rings is 1. The number of fused-ring (bicyclic) bond motifs is 1. The third-order valence-corrected chi connectivity index (χ3v) is 3.10. The molecule has 3 N–H and O–H groups in total. The van der Waals surface area contributed by atoms with Gasteiger partial charge in [-0.15, -0.1) is 0 Å². The van der Waals surface area contributed by atoms with E-state index in [1.54, 1.807) is 6.07 Å². The maximum absolute atomic E-state index is 13.1. The van der Waals surface area contributed by atoms with E-state index < -0.39 is 5.82 Å². The zero-order chi connectivity index (χ0) is 14.3. The average Bonchev–Trinajstić information content (AvgIpc) is 2.69. The van der Waals surface area contributed by atoms with Gasteiger partial charge in [0.15, 0.2) is 5.76 Å². The van der Waals surface area contributed by atoms with Gasteiger partial charge in [-0.2, -0.15) is 4.73 Å². The first-order chi connectivity index (χ1) is 9.54.